The smallest absolute Gasteiger partial charge is 0.121 e. The van der Waals surface area contributed by atoms with Gasteiger partial charge in [0.2, 0.25) is 0 Å². The van der Waals surface area contributed by atoms with Crippen molar-refractivity contribution in [3.8, 4) is 18.1 Å². The van der Waals surface area contributed by atoms with Crippen molar-refractivity contribution in [1.29, 1.82) is 0 Å². The van der Waals surface area contributed by atoms with Crippen molar-refractivity contribution in [2.45, 2.75) is 32.2 Å². The van der Waals surface area contributed by atoms with Gasteiger partial charge in [0.05, 0.1) is 23.7 Å². The summed E-state index contributed by atoms with van der Waals surface area (Å²) in [6, 6.07) is 5.87. The van der Waals surface area contributed by atoms with Crippen molar-refractivity contribution in [2.75, 3.05) is 0 Å². The Morgan fingerprint density at radius 3 is 2.89 bits per heavy atom. The molecular weight excluding hydrogens is 244 g/mol. The van der Waals surface area contributed by atoms with Crippen LogP contribution in [0.25, 0.3) is 11.0 Å². The molecule has 4 heteroatoms. The predicted octanol–water partition coefficient (Wildman–Crippen LogP) is 2.89. The average Bonchev–Trinajstić information content (AvgIpc) is 2.66. The Bertz CT molecular complexity index is 596. The molecular formula is C14H16N2OS. The first-order valence-corrected chi connectivity index (χ1v) is 6.49. The van der Waals surface area contributed by atoms with E-state index < -0.39 is 0 Å². The second-order valence-electron chi connectivity index (χ2n) is 4.29. The van der Waals surface area contributed by atoms with Crippen LogP contribution in [0.15, 0.2) is 18.2 Å². The van der Waals surface area contributed by atoms with Crippen LogP contribution in [-0.2, 0) is 12.3 Å². The molecule has 2 aromatic rings. The summed E-state index contributed by atoms with van der Waals surface area (Å²) in [5, 5.41) is 0. The first-order chi connectivity index (χ1) is 8.65. The molecule has 0 aliphatic carbocycles. The summed E-state index contributed by atoms with van der Waals surface area (Å²) >= 11 is 4.28. The van der Waals surface area contributed by atoms with Crippen molar-refractivity contribution in [1.82, 2.24) is 9.55 Å². The number of nitrogens with zero attached hydrogens (tertiary/aromatic N) is 2. The molecule has 2 rings (SSSR count). The van der Waals surface area contributed by atoms with E-state index in [4.69, 9.17) is 11.2 Å². The monoisotopic (exact) mass is 260 g/mol. The van der Waals surface area contributed by atoms with Crippen LogP contribution < -0.4 is 4.74 Å². The molecule has 0 aliphatic rings. The van der Waals surface area contributed by atoms with E-state index in [1.165, 1.54) is 0 Å². The first-order valence-electron chi connectivity index (χ1n) is 5.86. The van der Waals surface area contributed by atoms with Gasteiger partial charge in [-0.1, -0.05) is 5.92 Å². The lowest BCUT2D eigenvalue weighted by Crippen LogP contribution is -2.05. The van der Waals surface area contributed by atoms with Crippen LogP contribution in [-0.4, -0.2) is 15.7 Å². The van der Waals surface area contributed by atoms with Crippen LogP contribution >= 0.6 is 12.6 Å². The molecule has 3 nitrogen and oxygen atoms in total. The van der Waals surface area contributed by atoms with Crippen LogP contribution in [0, 0.1) is 12.3 Å². The highest BCUT2D eigenvalue weighted by atomic mass is 32.1. The summed E-state index contributed by atoms with van der Waals surface area (Å²) in [6.45, 7) is 4.51. The molecule has 0 atom stereocenters. The maximum atomic E-state index is 5.66. The molecule has 0 radical (unpaired) electrons. The lowest BCUT2D eigenvalue weighted by atomic mass is 10.3. The van der Waals surface area contributed by atoms with E-state index in [1.54, 1.807) is 0 Å². The minimum atomic E-state index is 0.152. The highest BCUT2D eigenvalue weighted by Gasteiger charge is 2.10. The molecule has 0 aliphatic heterocycles. The van der Waals surface area contributed by atoms with Gasteiger partial charge in [0.1, 0.15) is 11.6 Å². The van der Waals surface area contributed by atoms with E-state index in [9.17, 15) is 0 Å². The predicted molar refractivity (Wildman–Crippen MR) is 77.0 cm³/mol. The topological polar surface area (TPSA) is 27.1 Å². The zero-order valence-corrected chi connectivity index (χ0v) is 11.4. The average molecular weight is 260 g/mol. The van der Waals surface area contributed by atoms with Gasteiger partial charge in [-0.2, -0.15) is 12.6 Å². The zero-order chi connectivity index (χ0) is 13.1. The highest BCUT2D eigenvalue weighted by molar-refractivity contribution is 7.79. The molecule has 1 aromatic carbocycles. The van der Waals surface area contributed by atoms with Gasteiger partial charge in [0.25, 0.3) is 0 Å². The Morgan fingerprint density at radius 2 is 2.28 bits per heavy atom. The standard InChI is InChI=1S/C14H16N2OS/c1-4-7-16-13-6-5-11(17-10(2)3)8-12(13)15-14(16)9-18/h1,5-6,8,10,18H,7,9H2,2-3H3. The summed E-state index contributed by atoms with van der Waals surface area (Å²) < 4.78 is 7.66. The molecule has 0 fully saturated rings. The number of fused-ring (bicyclic) bond motifs is 1. The summed E-state index contributed by atoms with van der Waals surface area (Å²) in [5.41, 5.74) is 1.92. The van der Waals surface area contributed by atoms with E-state index in [0.29, 0.717) is 12.3 Å². The Morgan fingerprint density at radius 1 is 1.50 bits per heavy atom. The van der Waals surface area contributed by atoms with Gasteiger partial charge in [-0.25, -0.2) is 4.98 Å². The van der Waals surface area contributed by atoms with E-state index in [1.807, 2.05) is 36.6 Å². The molecule has 0 N–H and O–H groups in total. The van der Waals surface area contributed by atoms with E-state index >= 15 is 0 Å². The summed E-state index contributed by atoms with van der Waals surface area (Å²) in [6.07, 6.45) is 5.53. The van der Waals surface area contributed by atoms with Crippen molar-refractivity contribution < 1.29 is 4.74 Å². The van der Waals surface area contributed by atoms with Gasteiger partial charge < -0.3 is 9.30 Å². The SMILES string of the molecule is C#CCn1c(CS)nc2cc(OC(C)C)ccc21. The normalized spacial score (nSPS) is 10.8. The fourth-order valence-electron chi connectivity index (χ4n) is 1.89. The lowest BCUT2D eigenvalue weighted by Gasteiger charge is -2.09. The largest absolute Gasteiger partial charge is 0.491 e. The van der Waals surface area contributed by atoms with Gasteiger partial charge in [-0.15, -0.1) is 6.42 Å². The van der Waals surface area contributed by atoms with Crippen LogP contribution in [0.5, 0.6) is 5.75 Å². The fraction of sp³-hybridized carbons (Fsp3) is 0.357. The fourth-order valence-corrected chi connectivity index (χ4v) is 2.13. The molecule has 0 amide bonds. The van der Waals surface area contributed by atoms with Gasteiger partial charge in [0.15, 0.2) is 0 Å². The van der Waals surface area contributed by atoms with Crippen LogP contribution in [0.4, 0.5) is 0 Å². The number of benzene rings is 1. The van der Waals surface area contributed by atoms with Crippen molar-refractivity contribution >= 4 is 23.7 Å². The van der Waals surface area contributed by atoms with E-state index in [-0.39, 0.29) is 6.10 Å². The molecule has 0 bridgehead atoms. The Labute approximate surface area is 113 Å². The Kier molecular flexibility index (Phi) is 3.83. The molecule has 1 aromatic heterocycles. The summed E-state index contributed by atoms with van der Waals surface area (Å²) in [4.78, 5) is 4.53. The van der Waals surface area contributed by atoms with E-state index in [0.717, 1.165) is 22.6 Å². The number of hydrogen-bond acceptors (Lipinski definition) is 3. The third-order valence-electron chi connectivity index (χ3n) is 2.56. The van der Waals surface area contributed by atoms with Crippen molar-refractivity contribution in [2.24, 2.45) is 0 Å². The molecule has 0 spiro atoms. The van der Waals surface area contributed by atoms with Gasteiger partial charge in [-0.3, -0.25) is 0 Å². The number of ether oxygens (including phenoxy) is 1. The third kappa shape index (κ3) is 2.46. The molecule has 0 unspecified atom stereocenters. The Balaban J connectivity index is 2.49. The number of rotatable bonds is 4. The quantitative estimate of drug-likeness (QED) is 0.676. The Hall–Kier alpha value is -1.60. The van der Waals surface area contributed by atoms with Crippen LogP contribution in [0.3, 0.4) is 0 Å². The molecule has 0 saturated carbocycles. The lowest BCUT2D eigenvalue weighted by molar-refractivity contribution is 0.242. The van der Waals surface area contributed by atoms with Gasteiger partial charge >= 0.3 is 0 Å². The summed E-state index contributed by atoms with van der Waals surface area (Å²) in [5.74, 6) is 4.92. The second kappa shape index (κ2) is 5.36. The maximum Gasteiger partial charge on any atom is 0.121 e. The molecule has 94 valence electrons. The molecule has 1 heterocycles. The number of hydrogen-bond donors (Lipinski definition) is 1. The number of aromatic nitrogens is 2. The van der Waals surface area contributed by atoms with Crippen molar-refractivity contribution in [3.05, 3.63) is 24.0 Å². The third-order valence-corrected chi connectivity index (χ3v) is 2.84. The zero-order valence-electron chi connectivity index (χ0n) is 10.6. The van der Waals surface area contributed by atoms with Gasteiger partial charge in [0, 0.05) is 11.8 Å². The second-order valence-corrected chi connectivity index (χ2v) is 4.61. The number of imidazole rings is 1. The molecule has 18 heavy (non-hydrogen) atoms. The first kappa shape index (κ1) is 12.8. The van der Waals surface area contributed by atoms with Gasteiger partial charge in [-0.05, 0) is 26.0 Å². The number of terminal acetylenes is 1. The minimum absolute atomic E-state index is 0.152. The van der Waals surface area contributed by atoms with Crippen LogP contribution in [0.1, 0.15) is 19.7 Å². The van der Waals surface area contributed by atoms with Crippen molar-refractivity contribution in [3.63, 3.8) is 0 Å². The maximum absolute atomic E-state index is 5.66. The van der Waals surface area contributed by atoms with Crippen LogP contribution in [0.2, 0.25) is 0 Å². The highest BCUT2D eigenvalue weighted by Crippen LogP contribution is 2.23. The summed E-state index contributed by atoms with van der Waals surface area (Å²) in [7, 11) is 0. The number of thiol groups is 1. The molecule has 0 saturated heterocycles. The minimum Gasteiger partial charge on any atom is -0.491 e. The van der Waals surface area contributed by atoms with E-state index in [2.05, 4.69) is 23.5 Å².